The first kappa shape index (κ1) is 21.5. The van der Waals surface area contributed by atoms with Gasteiger partial charge in [0.2, 0.25) is 0 Å². The molecule has 3 aromatic rings. The monoisotopic (exact) mass is 429 g/mol. The summed E-state index contributed by atoms with van der Waals surface area (Å²) in [5.74, 6) is 1.51. The van der Waals surface area contributed by atoms with Crippen LogP contribution in [0.1, 0.15) is 30.5 Å². The van der Waals surface area contributed by atoms with E-state index in [9.17, 15) is 4.79 Å². The fourth-order valence-electron chi connectivity index (χ4n) is 3.39. The number of para-hydroxylation sites is 1. The molecule has 1 aliphatic rings. The van der Waals surface area contributed by atoms with Gasteiger partial charge in [-0.1, -0.05) is 54.6 Å². The quantitative estimate of drug-likeness (QED) is 0.518. The molecule has 0 aliphatic carbocycles. The number of anilines is 1. The fraction of sp³-hybridized carbons (Fsp3) is 0.222. The number of carbonyl (C=O) groups is 1. The van der Waals surface area contributed by atoms with Crippen molar-refractivity contribution in [3.05, 3.63) is 89.5 Å². The minimum Gasteiger partial charge on any atom is -0.485 e. The van der Waals surface area contributed by atoms with Crippen molar-refractivity contribution in [3.8, 4) is 17.2 Å². The Bertz CT molecular complexity index is 1140. The third-order valence-corrected chi connectivity index (χ3v) is 5.13. The molecule has 0 bridgehead atoms. The molecule has 0 saturated heterocycles. The van der Waals surface area contributed by atoms with E-state index in [2.05, 4.69) is 5.32 Å². The zero-order chi connectivity index (χ0) is 22.6. The summed E-state index contributed by atoms with van der Waals surface area (Å²) in [6.07, 6.45) is 3.99. The number of fused-ring (bicyclic) bond motifs is 1. The first-order valence-corrected chi connectivity index (χ1v) is 10.6. The van der Waals surface area contributed by atoms with E-state index in [0.717, 1.165) is 28.1 Å². The number of ether oxygens (including phenoxy) is 3. The lowest BCUT2D eigenvalue weighted by atomic mass is 10.0. The molecule has 32 heavy (non-hydrogen) atoms. The molecule has 0 atom stereocenters. The summed E-state index contributed by atoms with van der Waals surface area (Å²) in [5.41, 5.74) is 3.27. The summed E-state index contributed by atoms with van der Waals surface area (Å²) in [6.45, 7) is 6.19. The summed E-state index contributed by atoms with van der Waals surface area (Å²) < 4.78 is 18.0. The largest absolute Gasteiger partial charge is 0.485 e. The molecule has 0 saturated carbocycles. The van der Waals surface area contributed by atoms with Gasteiger partial charge in [0.15, 0.2) is 18.1 Å². The molecule has 1 N–H and O–H groups in total. The molecule has 0 radical (unpaired) electrons. The highest BCUT2D eigenvalue weighted by molar-refractivity contribution is 5.92. The lowest BCUT2D eigenvalue weighted by Gasteiger charge is -2.28. The Morgan fingerprint density at radius 1 is 0.969 bits per heavy atom. The Morgan fingerprint density at radius 2 is 1.69 bits per heavy atom. The van der Waals surface area contributed by atoms with Crippen LogP contribution < -0.4 is 19.5 Å². The van der Waals surface area contributed by atoms with Gasteiger partial charge in [-0.3, -0.25) is 4.79 Å². The third kappa shape index (κ3) is 5.30. The van der Waals surface area contributed by atoms with Crippen molar-refractivity contribution in [1.29, 1.82) is 0 Å². The average Bonchev–Trinajstić information content (AvgIpc) is 2.78. The molecular formula is C27H27NO4. The van der Waals surface area contributed by atoms with Gasteiger partial charge in [0, 0.05) is 17.3 Å². The van der Waals surface area contributed by atoms with Gasteiger partial charge in [-0.05, 0) is 50.1 Å². The van der Waals surface area contributed by atoms with Gasteiger partial charge < -0.3 is 19.5 Å². The van der Waals surface area contributed by atoms with Gasteiger partial charge in [0.05, 0.1) is 0 Å². The summed E-state index contributed by atoms with van der Waals surface area (Å²) in [6, 6.07) is 21.2. The number of nitrogens with one attached hydrogen (secondary N) is 1. The summed E-state index contributed by atoms with van der Waals surface area (Å²) >= 11 is 0. The van der Waals surface area contributed by atoms with E-state index in [4.69, 9.17) is 14.2 Å². The van der Waals surface area contributed by atoms with Gasteiger partial charge in [-0.15, -0.1) is 0 Å². The number of carbonyl (C=O) groups excluding carboxylic acids is 1. The van der Waals surface area contributed by atoms with Crippen LogP contribution in [-0.2, 0) is 11.4 Å². The smallest absolute Gasteiger partial charge is 0.262 e. The molecule has 3 aromatic carbocycles. The Hall–Kier alpha value is -3.73. The summed E-state index contributed by atoms with van der Waals surface area (Å²) in [5, 5.41) is 2.89. The van der Waals surface area contributed by atoms with E-state index in [0.29, 0.717) is 18.1 Å². The van der Waals surface area contributed by atoms with Crippen LogP contribution in [-0.4, -0.2) is 18.1 Å². The van der Waals surface area contributed by atoms with Crippen molar-refractivity contribution in [2.75, 3.05) is 11.9 Å². The maximum absolute atomic E-state index is 12.5. The molecule has 0 spiro atoms. The van der Waals surface area contributed by atoms with Crippen molar-refractivity contribution in [3.63, 3.8) is 0 Å². The van der Waals surface area contributed by atoms with E-state index in [1.54, 1.807) is 0 Å². The highest BCUT2D eigenvalue weighted by Crippen LogP contribution is 2.40. The minimum absolute atomic E-state index is 0.134. The summed E-state index contributed by atoms with van der Waals surface area (Å²) in [7, 11) is 0. The SMILES string of the molecule is Cc1ccccc1NC(=O)COc1cc2c(cc1OCc1ccccc1)OC(C)(C)C=C2. The van der Waals surface area contributed by atoms with Crippen molar-refractivity contribution >= 4 is 17.7 Å². The first-order chi connectivity index (χ1) is 15.4. The number of aryl methyl sites for hydroxylation is 1. The molecule has 1 amide bonds. The van der Waals surface area contributed by atoms with E-state index in [-0.39, 0.29) is 12.5 Å². The second-order valence-electron chi connectivity index (χ2n) is 8.30. The van der Waals surface area contributed by atoms with Crippen LogP contribution in [0.25, 0.3) is 6.08 Å². The molecule has 164 valence electrons. The number of hydrogen-bond donors (Lipinski definition) is 1. The number of rotatable bonds is 7. The van der Waals surface area contributed by atoms with Crippen LogP contribution in [0, 0.1) is 6.92 Å². The molecule has 1 aliphatic heterocycles. The average molecular weight is 430 g/mol. The topological polar surface area (TPSA) is 56.8 Å². The second kappa shape index (κ2) is 9.18. The molecular weight excluding hydrogens is 402 g/mol. The van der Waals surface area contributed by atoms with E-state index in [1.807, 2.05) is 99.7 Å². The molecule has 4 rings (SSSR count). The Labute approximate surface area is 188 Å². The third-order valence-electron chi connectivity index (χ3n) is 5.13. The zero-order valence-electron chi connectivity index (χ0n) is 18.6. The zero-order valence-corrected chi connectivity index (χ0v) is 18.6. The van der Waals surface area contributed by atoms with Crippen LogP contribution in [0.3, 0.4) is 0 Å². The van der Waals surface area contributed by atoms with E-state index in [1.165, 1.54) is 0 Å². The van der Waals surface area contributed by atoms with Crippen LogP contribution in [0.4, 0.5) is 5.69 Å². The highest BCUT2D eigenvalue weighted by atomic mass is 16.5. The highest BCUT2D eigenvalue weighted by Gasteiger charge is 2.24. The van der Waals surface area contributed by atoms with E-state index >= 15 is 0 Å². The second-order valence-corrected chi connectivity index (χ2v) is 8.30. The van der Waals surface area contributed by atoms with Gasteiger partial charge in [-0.2, -0.15) is 0 Å². The van der Waals surface area contributed by atoms with Crippen LogP contribution in [0.5, 0.6) is 17.2 Å². The first-order valence-electron chi connectivity index (χ1n) is 10.6. The maximum atomic E-state index is 12.5. The molecule has 0 fully saturated rings. The lowest BCUT2D eigenvalue weighted by molar-refractivity contribution is -0.118. The van der Waals surface area contributed by atoms with Crippen molar-refractivity contribution in [1.82, 2.24) is 0 Å². The maximum Gasteiger partial charge on any atom is 0.262 e. The van der Waals surface area contributed by atoms with Crippen molar-refractivity contribution in [2.45, 2.75) is 33.0 Å². The Morgan fingerprint density at radius 3 is 2.47 bits per heavy atom. The number of hydrogen-bond acceptors (Lipinski definition) is 4. The molecule has 0 unspecified atom stereocenters. The minimum atomic E-state index is -0.403. The predicted octanol–water partition coefficient (Wildman–Crippen LogP) is 5.78. The normalized spacial score (nSPS) is 13.6. The number of amides is 1. The lowest BCUT2D eigenvalue weighted by Crippen LogP contribution is -2.27. The standard InChI is InChI=1S/C27H27NO4/c1-19-9-7-8-12-22(19)28-26(29)18-31-24-15-21-13-14-27(2,3)32-23(21)16-25(24)30-17-20-10-5-4-6-11-20/h4-16H,17-18H2,1-3H3,(H,28,29). The summed E-state index contributed by atoms with van der Waals surface area (Å²) in [4.78, 5) is 12.5. The Balaban J connectivity index is 1.52. The van der Waals surface area contributed by atoms with Gasteiger partial charge in [0.25, 0.3) is 5.91 Å². The molecule has 5 nitrogen and oxygen atoms in total. The fourth-order valence-corrected chi connectivity index (χ4v) is 3.39. The molecule has 0 aromatic heterocycles. The van der Waals surface area contributed by atoms with Crippen LogP contribution >= 0.6 is 0 Å². The van der Waals surface area contributed by atoms with Gasteiger partial charge in [-0.25, -0.2) is 0 Å². The molecule has 5 heteroatoms. The van der Waals surface area contributed by atoms with Crippen molar-refractivity contribution < 1.29 is 19.0 Å². The van der Waals surface area contributed by atoms with Crippen LogP contribution in [0.15, 0.2) is 72.8 Å². The molecule has 1 heterocycles. The predicted molar refractivity (Wildman–Crippen MR) is 126 cm³/mol. The Kier molecular flexibility index (Phi) is 6.17. The van der Waals surface area contributed by atoms with Crippen LogP contribution in [0.2, 0.25) is 0 Å². The van der Waals surface area contributed by atoms with E-state index < -0.39 is 5.60 Å². The number of benzene rings is 3. The van der Waals surface area contributed by atoms with Crippen molar-refractivity contribution in [2.24, 2.45) is 0 Å². The van der Waals surface area contributed by atoms with Gasteiger partial charge >= 0.3 is 0 Å². The van der Waals surface area contributed by atoms with Gasteiger partial charge in [0.1, 0.15) is 18.0 Å².